The van der Waals surface area contributed by atoms with Crippen molar-refractivity contribution in [3.63, 3.8) is 0 Å². The van der Waals surface area contributed by atoms with Crippen molar-refractivity contribution in [1.29, 1.82) is 0 Å². The first-order chi connectivity index (χ1) is 22.2. The zero-order valence-electron chi connectivity index (χ0n) is 25.7. The molecule has 3 aliphatic rings. The summed E-state index contributed by atoms with van der Waals surface area (Å²) in [6, 6.07) is 3.84. The molecule has 2 saturated heterocycles. The second-order valence-corrected chi connectivity index (χ2v) is 10.9. The zero-order valence-corrected chi connectivity index (χ0v) is 25.7. The fourth-order valence-corrected chi connectivity index (χ4v) is 5.63. The first-order valence-electron chi connectivity index (χ1n) is 15.6. The van der Waals surface area contributed by atoms with Gasteiger partial charge in [0.2, 0.25) is 11.6 Å². The van der Waals surface area contributed by atoms with Gasteiger partial charge in [-0.15, -0.1) is 4.99 Å². The minimum atomic E-state index is -0.826. The van der Waals surface area contributed by atoms with Gasteiger partial charge in [-0.05, 0) is 31.5 Å². The van der Waals surface area contributed by atoms with Gasteiger partial charge in [-0.2, -0.15) is 0 Å². The third-order valence-corrected chi connectivity index (χ3v) is 7.95. The third kappa shape index (κ3) is 7.97. The molecule has 5 heterocycles. The molecule has 0 bridgehead atoms. The number of aromatic nitrogens is 4. The van der Waals surface area contributed by atoms with Crippen LogP contribution < -0.4 is 30.5 Å². The quantitative estimate of drug-likeness (QED) is 0.282. The van der Waals surface area contributed by atoms with Crippen LogP contribution in [0.1, 0.15) is 12.8 Å². The van der Waals surface area contributed by atoms with E-state index < -0.39 is 6.09 Å². The number of nitrogens with one attached hydrogen (secondary N) is 2. The van der Waals surface area contributed by atoms with E-state index in [0.29, 0.717) is 42.7 Å². The van der Waals surface area contributed by atoms with Crippen LogP contribution in [0.4, 0.5) is 16.6 Å². The number of amides is 1. The number of benzene rings is 1. The highest BCUT2D eigenvalue weighted by Gasteiger charge is 2.21. The summed E-state index contributed by atoms with van der Waals surface area (Å²) in [5.74, 6) is 2.53. The van der Waals surface area contributed by atoms with Crippen LogP contribution in [0.2, 0.25) is 0 Å². The van der Waals surface area contributed by atoms with Crippen molar-refractivity contribution in [2.75, 3.05) is 103 Å². The number of carbonyl (C=O) groups excluding carboxylic acids is 1. The van der Waals surface area contributed by atoms with Gasteiger partial charge in [-0.25, -0.2) is 19.7 Å². The highest BCUT2D eigenvalue weighted by atomic mass is 16.6. The summed E-state index contributed by atoms with van der Waals surface area (Å²) in [5, 5.41) is 7.42. The molecule has 0 atom stereocenters. The molecule has 2 N–H and O–H groups in total. The standard InChI is InChI=1S/C30H41N9O6/c1-41-26-24(44-15-3-9-38-13-18-43-19-14-38)5-4-23-25(26)35-29(39-10-7-31-27(23)39)36-30(40)45-22-20-33-28(34-21-22)32-6-2-8-37-11-16-42-17-12-37/h4-5,20-21,31H,2-3,6-19H2,1H3,(H,32,33,34). The molecule has 3 aromatic rings. The fourth-order valence-electron chi connectivity index (χ4n) is 5.63. The first-order valence-corrected chi connectivity index (χ1v) is 15.6. The molecule has 0 unspecified atom stereocenters. The van der Waals surface area contributed by atoms with Crippen molar-refractivity contribution >= 4 is 28.8 Å². The van der Waals surface area contributed by atoms with Crippen molar-refractivity contribution in [3.8, 4) is 17.2 Å². The Labute approximate surface area is 261 Å². The number of carbonyl (C=O) groups is 1. The van der Waals surface area contributed by atoms with E-state index in [1.165, 1.54) is 12.4 Å². The number of methoxy groups -OCH3 is 1. The molecule has 1 amide bonds. The number of rotatable bonds is 12. The first kappa shape index (κ1) is 31.0. The van der Waals surface area contributed by atoms with Crippen molar-refractivity contribution in [1.82, 2.24) is 29.3 Å². The van der Waals surface area contributed by atoms with E-state index in [-0.39, 0.29) is 11.4 Å². The summed E-state index contributed by atoms with van der Waals surface area (Å²) in [5.41, 5.74) is 0.748. The van der Waals surface area contributed by atoms with Crippen molar-refractivity contribution in [2.24, 2.45) is 4.99 Å². The van der Waals surface area contributed by atoms with Gasteiger partial charge < -0.3 is 34.3 Å². The lowest BCUT2D eigenvalue weighted by Gasteiger charge is -2.26. The molecule has 242 valence electrons. The molecule has 15 heteroatoms. The number of nitrogens with zero attached hydrogens (tertiary/aromatic N) is 7. The van der Waals surface area contributed by atoms with Crippen molar-refractivity contribution < 1.29 is 28.5 Å². The minimum Gasteiger partial charge on any atom is -0.491 e. The topological polar surface area (TPSA) is 150 Å². The summed E-state index contributed by atoms with van der Waals surface area (Å²) >= 11 is 0. The smallest absolute Gasteiger partial charge is 0.442 e. The van der Waals surface area contributed by atoms with E-state index >= 15 is 0 Å². The number of hydrogen-bond acceptors (Lipinski definition) is 13. The van der Waals surface area contributed by atoms with Crippen LogP contribution in [-0.4, -0.2) is 128 Å². The fraction of sp³-hybridized carbons (Fsp3) is 0.567. The van der Waals surface area contributed by atoms with E-state index in [9.17, 15) is 4.79 Å². The monoisotopic (exact) mass is 623 g/mol. The molecule has 0 radical (unpaired) electrons. The van der Waals surface area contributed by atoms with Crippen LogP contribution in [0.25, 0.3) is 10.9 Å². The molecular formula is C30H41N9O6. The Hall–Kier alpha value is -4.05. The highest BCUT2D eigenvalue weighted by molar-refractivity contribution is 5.95. The van der Waals surface area contributed by atoms with E-state index in [1.807, 2.05) is 16.7 Å². The summed E-state index contributed by atoms with van der Waals surface area (Å²) in [6.07, 6.45) is 3.90. The van der Waals surface area contributed by atoms with E-state index in [4.69, 9.17) is 28.7 Å². The molecule has 2 aromatic heterocycles. The Morgan fingerprint density at radius 3 is 2.42 bits per heavy atom. The van der Waals surface area contributed by atoms with Gasteiger partial charge in [0.25, 0.3) is 0 Å². The van der Waals surface area contributed by atoms with Crippen LogP contribution in [0.15, 0.2) is 29.5 Å². The maximum atomic E-state index is 12.9. The van der Waals surface area contributed by atoms with Gasteiger partial charge in [-0.1, -0.05) is 0 Å². The molecular weight excluding hydrogens is 582 g/mol. The average Bonchev–Trinajstić information content (AvgIpc) is 3.58. The largest absolute Gasteiger partial charge is 0.491 e. The molecule has 2 fully saturated rings. The van der Waals surface area contributed by atoms with Crippen LogP contribution >= 0.6 is 0 Å². The predicted molar refractivity (Wildman–Crippen MR) is 166 cm³/mol. The van der Waals surface area contributed by atoms with Gasteiger partial charge in [-0.3, -0.25) is 14.4 Å². The Morgan fingerprint density at radius 1 is 1.00 bits per heavy atom. The van der Waals surface area contributed by atoms with E-state index in [0.717, 1.165) is 96.3 Å². The maximum Gasteiger partial charge on any atom is 0.442 e. The number of anilines is 2. The molecule has 0 saturated carbocycles. The molecule has 6 rings (SSSR count). The van der Waals surface area contributed by atoms with E-state index in [1.54, 1.807) is 7.11 Å². The van der Waals surface area contributed by atoms with Gasteiger partial charge in [0, 0.05) is 57.7 Å². The lowest BCUT2D eigenvalue weighted by molar-refractivity contribution is 0.0357. The van der Waals surface area contributed by atoms with Gasteiger partial charge in [0.15, 0.2) is 17.2 Å². The average molecular weight is 624 g/mol. The number of ether oxygens (including phenoxy) is 5. The molecule has 1 aromatic carbocycles. The second kappa shape index (κ2) is 15.3. The Kier molecular flexibility index (Phi) is 10.5. The predicted octanol–water partition coefficient (Wildman–Crippen LogP) is 1.60. The van der Waals surface area contributed by atoms with Crippen LogP contribution in [0.5, 0.6) is 17.2 Å². The van der Waals surface area contributed by atoms with E-state index in [2.05, 4.69) is 35.4 Å². The zero-order chi connectivity index (χ0) is 30.8. The molecule has 0 spiro atoms. The van der Waals surface area contributed by atoms with Gasteiger partial charge in [0.05, 0.1) is 52.5 Å². The molecule has 0 aliphatic carbocycles. The number of hydrogen-bond donors (Lipinski definition) is 2. The Bertz CT molecular complexity index is 1500. The summed E-state index contributed by atoms with van der Waals surface area (Å²) in [6.45, 7) is 11.4. The maximum absolute atomic E-state index is 12.9. The molecule has 45 heavy (non-hydrogen) atoms. The molecule has 15 nitrogen and oxygen atoms in total. The second-order valence-electron chi connectivity index (χ2n) is 10.9. The van der Waals surface area contributed by atoms with Crippen LogP contribution in [-0.2, 0) is 16.0 Å². The molecule has 3 aliphatic heterocycles. The summed E-state index contributed by atoms with van der Waals surface area (Å²) < 4.78 is 30.0. The van der Waals surface area contributed by atoms with Gasteiger partial charge in [0.1, 0.15) is 11.3 Å². The highest BCUT2D eigenvalue weighted by Crippen LogP contribution is 2.37. The van der Waals surface area contributed by atoms with Gasteiger partial charge >= 0.3 is 6.09 Å². The Morgan fingerprint density at radius 2 is 1.71 bits per heavy atom. The lowest BCUT2D eigenvalue weighted by atomic mass is 10.2. The Balaban J connectivity index is 1.10. The number of morpholine rings is 2. The third-order valence-electron chi connectivity index (χ3n) is 7.95. The minimum absolute atomic E-state index is 0.188. The SMILES string of the molecule is COc1c(OCCCN2CCOCC2)ccc2c3n(c(=NC(=O)Oc4cnc(NCCCN5CCOCC5)nc4)nc12)CCN3. The normalized spacial score (nSPS) is 17.6. The van der Waals surface area contributed by atoms with Crippen molar-refractivity contribution in [2.45, 2.75) is 19.4 Å². The summed E-state index contributed by atoms with van der Waals surface area (Å²) in [4.78, 5) is 35.1. The summed E-state index contributed by atoms with van der Waals surface area (Å²) in [7, 11) is 1.58. The van der Waals surface area contributed by atoms with Crippen LogP contribution in [0, 0.1) is 0 Å². The van der Waals surface area contributed by atoms with Crippen LogP contribution in [0.3, 0.4) is 0 Å². The number of fused-ring (bicyclic) bond motifs is 3. The van der Waals surface area contributed by atoms with Crippen molar-refractivity contribution in [3.05, 3.63) is 30.1 Å². The lowest BCUT2D eigenvalue weighted by Crippen LogP contribution is -2.37.